The number of unbranched alkanes of at least 4 members (excludes halogenated alkanes) is 24. The summed E-state index contributed by atoms with van der Waals surface area (Å²) in [6, 6.07) is 0. The van der Waals surface area contributed by atoms with Gasteiger partial charge in [-0.3, -0.25) is 9.59 Å². The zero-order valence-corrected chi connectivity index (χ0v) is 44.1. The van der Waals surface area contributed by atoms with Crippen LogP contribution in [0.15, 0.2) is 0 Å². The van der Waals surface area contributed by atoms with Crippen LogP contribution in [0.4, 0.5) is 4.79 Å². The van der Waals surface area contributed by atoms with E-state index in [4.69, 9.17) is 18.9 Å². The molecule has 386 valence electrons. The Morgan fingerprint density at radius 2 is 0.754 bits per heavy atom. The first-order valence-electron chi connectivity index (χ1n) is 28.2. The van der Waals surface area contributed by atoms with Gasteiger partial charge in [0.15, 0.2) is 0 Å². The quantitative estimate of drug-likeness (QED) is 0.0366. The van der Waals surface area contributed by atoms with Crippen LogP contribution in [0.5, 0.6) is 0 Å². The Kier molecular flexibility index (Phi) is 48.6. The molecule has 0 aliphatic rings. The highest BCUT2D eigenvalue weighted by molar-refractivity contribution is 5.70. The molecule has 0 saturated heterocycles. The van der Waals surface area contributed by atoms with Crippen LogP contribution in [0.2, 0.25) is 0 Å². The number of nitrogens with one attached hydrogen (secondary N) is 1. The molecule has 0 heterocycles. The predicted octanol–water partition coefficient (Wildman–Crippen LogP) is 15.9. The van der Waals surface area contributed by atoms with Gasteiger partial charge in [0.2, 0.25) is 0 Å². The van der Waals surface area contributed by atoms with Gasteiger partial charge in [-0.15, -0.1) is 0 Å². The maximum atomic E-state index is 12.9. The maximum Gasteiger partial charge on any atom is 0.407 e. The summed E-state index contributed by atoms with van der Waals surface area (Å²) < 4.78 is 23.1. The van der Waals surface area contributed by atoms with Gasteiger partial charge in [0.25, 0.3) is 0 Å². The number of hydrogen-bond acceptors (Lipinski definition) is 8. The molecular formula is C56H110N2O7. The van der Waals surface area contributed by atoms with Crippen LogP contribution in [0.25, 0.3) is 0 Å². The van der Waals surface area contributed by atoms with E-state index in [1.165, 1.54) is 154 Å². The van der Waals surface area contributed by atoms with Crippen molar-refractivity contribution in [3.63, 3.8) is 0 Å². The third-order valence-corrected chi connectivity index (χ3v) is 13.1. The first-order valence-corrected chi connectivity index (χ1v) is 28.2. The second-order valence-electron chi connectivity index (χ2n) is 19.9. The highest BCUT2D eigenvalue weighted by Gasteiger charge is 2.18. The van der Waals surface area contributed by atoms with E-state index < -0.39 is 6.09 Å². The van der Waals surface area contributed by atoms with E-state index in [1.807, 2.05) is 14.1 Å². The molecule has 0 aromatic heterocycles. The van der Waals surface area contributed by atoms with E-state index in [9.17, 15) is 14.4 Å². The standard InChI is InChI=1S/C56H110N2O7/c1-7-11-15-19-23-29-37-51(38-30-24-20-16-12-8-2)49-54(59)63-45-35-27-33-41-53(65-56(61)57-43-47-62-48-44-58(5)6)42-34-28-36-46-64-55(60)50-52(39-31-25-21-17-13-9-3)40-32-26-22-18-14-10-4/h51-53H,7-50H2,1-6H3,(H,57,61). The monoisotopic (exact) mass is 923 g/mol. The fraction of sp³-hybridized carbons (Fsp3) is 0.946. The van der Waals surface area contributed by atoms with E-state index in [-0.39, 0.29) is 18.0 Å². The molecule has 0 rings (SSSR count). The molecule has 0 saturated carbocycles. The first kappa shape index (κ1) is 63.1. The fourth-order valence-corrected chi connectivity index (χ4v) is 8.84. The van der Waals surface area contributed by atoms with Crippen LogP contribution in [0, 0.1) is 11.8 Å². The van der Waals surface area contributed by atoms with Crippen LogP contribution in [-0.2, 0) is 28.5 Å². The zero-order valence-electron chi connectivity index (χ0n) is 44.1. The normalized spacial score (nSPS) is 11.7. The van der Waals surface area contributed by atoms with Gasteiger partial charge in [-0.1, -0.05) is 182 Å². The Balaban J connectivity index is 4.85. The van der Waals surface area contributed by atoms with Gasteiger partial charge in [-0.05, 0) is 103 Å². The van der Waals surface area contributed by atoms with Crippen LogP contribution in [0.1, 0.15) is 272 Å². The molecule has 0 fully saturated rings. The summed E-state index contributed by atoms with van der Waals surface area (Å²) in [5, 5.41) is 2.86. The minimum absolute atomic E-state index is 0.0395. The van der Waals surface area contributed by atoms with Gasteiger partial charge in [-0.2, -0.15) is 0 Å². The van der Waals surface area contributed by atoms with Crippen LogP contribution in [0.3, 0.4) is 0 Å². The van der Waals surface area contributed by atoms with Crippen LogP contribution >= 0.6 is 0 Å². The molecule has 0 aromatic carbocycles. The van der Waals surface area contributed by atoms with E-state index in [0.29, 0.717) is 57.6 Å². The van der Waals surface area contributed by atoms with Crippen molar-refractivity contribution in [2.75, 3.05) is 53.6 Å². The third kappa shape index (κ3) is 47.0. The predicted molar refractivity (Wildman–Crippen MR) is 275 cm³/mol. The summed E-state index contributed by atoms with van der Waals surface area (Å²) in [7, 11) is 4.02. The fourth-order valence-electron chi connectivity index (χ4n) is 8.84. The summed E-state index contributed by atoms with van der Waals surface area (Å²) >= 11 is 0. The molecule has 0 aliphatic heterocycles. The summed E-state index contributed by atoms with van der Waals surface area (Å²) in [6.45, 7) is 12.3. The smallest absolute Gasteiger partial charge is 0.407 e. The molecule has 0 spiro atoms. The molecule has 9 heteroatoms. The summed E-state index contributed by atoms with van der Waals surface area (Å²) in [6.07, 6.45) is 42.7. The second kappa shape index (κ2) is 50.0. The average Bonchev–Trinajstić information content (AvgIpc) is 3.28. The van der Waals surface area contributed by atoms with Crippen molar-refractivity contribution in [1.82, 2.24) is 10.2 Å². The molecule has 0 bridgehead atoms. The van der Waals surface area contributed by atoms with E-state index >= 15 is 0 Å². The van der Waals surface area contributed by atoms with Gasteiger partial charge in [0.05, 0.1) is 26.4 Å². The van der Waals surface area contributed by atoms with Crippen molar-refractivity contribution in [2.45, 2.75) is 278 Å². The topological polar surface area (TPSA) is 103 Å². The Bertz CT molecular complexity index is 933. The van der Waals surface area contributed by atoms with Crippen LogP contribution < -0.4 is 5.32 Å². The second-order valence-corrected chi connectivity index (χ2v) is 19.9. The summed E-state index contributed by atoms with van der Waals surface area (Å²) in [5.74, 6) is 0.796. The third-order valence-electron chi connectivity index (χ3n) is 13.1. The van der Waals surface area contributed by atoms with Gasteiger partial charge in [0.1, 0.15) is 6.10 Å². The van der Waals surface area contributed by atoms with E-state index in [2.05, 4.69) is 37.9 Å². The number of carbonyl (C=O) groups is 3. The molecule has 65 heavy (non-hydrogen) atoms. The molecule has 9 nitrogen and oxygen atoms in total. The first-order chi connectivity index (χ1) is 31.7. The Labute approximate surface area is 403 Å². The highest BCUT2D eigenvalue weighted by Crippen LogP contribution is 2.25. The number of ether oxygens (including phenoxy) is 4. The lowest BCUT2D eigenvalue weighted by Crippen LogP contribution is -2.32. The minimum atomic E-state index is -0.401. The van der Waals surface area contributed by atoms with Crippen molar-refractivity contribution >= 4 is 18.0 Å². The lowest BCUT2D eigenvalue weighted by Gasteiger charge is -2.19. The van der Waals surface area contributed by atoms with Gasteiger partial charge in [0, 0.05) is 25.9 Å². The summed E-state index contributed by atoms with van der Waals surface area (Å²) in [5.41, 5.74) is 0. The molecular weight excluding hydrogens is 813 g/mol. The molecule has 0 atom stereocenters. The van der Waals surface area contributed by atoms with Crippen molar-refractivity contribution < 1.29 is 33.3 Å². The lowest BCUT2D eigenvalue weighted by atomic mass is 9.91. The molecule has 0 unspecified atom stereocenters. The number of carbonyl (C=O) groups excluding carboxylic acids is 3. The number of esters is 2. The Morgan fingerprint density at radius 3 is 1.12 bits per heavy atom. The number of hydrogen-bond donors (Lipinski definition) is 1. The lowest BCUT2D eigenvalue weighted by molar-refractivity contribution is -0.146. The van der Waals surface area contributed by atoms with E-state index in [0.717, 1.165) is 83.6 Å². The zero-order chi connectivity index (χ0) is 47.7. The Hall–Kier alpha value is -1.87. The van der Waals surface area contributed by atoms with Crippen molar-refractivity contribution in [2.24, 2.45) is 11.8 Å². The number of likely N-dealkylation sites (N-methyl/N-ethyl adjacent to an activating group) is 1. The average molecular weight is 924 g/mol. The molecule has 1 N–H and O–H groups in total. The minimum Gasteiger partial charge on any atom is -0.466 e. The molecule has 1 amide bonds. The SMILES string of the molecule is CCCCCCCCC(CCCCCCCC)CC(=O)OCCCCCC(CCCCCOC(=O)CC(CCCCCCCC)CCCCCCCC)OC(=O)NCCOCCN(C)C. The van der Waals surface area contributed by atoms with E-state index in [1.54, 1.807) is 0 Å². The number of rotatable bonds is 51. The molecule has 0 radical (unpaired) electrons. The van der Waals surface area contributed by atoms with Crippen molar-refractivity contribution in [1.29, 1.82) is 0 Å². The largest absolute Gasteiger partial charge is 0.466 e. The molecule has 0 aliphatic carbocycles. The highest BCUT2D eigenvalue weighted by atomic mass is 16.6. The van der Waals surface area contributed by atoms with Gasteiger partial charge >= 0.3 is 18.0 Å². The van der Waals surface area contributed by atoms with Crippen LogP contribution in [-0.4, -0.2) is 82.6 Å². The number of nitrogens with zero attached hydrogens (tertiary/aromatic N) is 1. The Morgan fingerprint density at radius 1 is 0.415 bits per heavy atom. The van der Waals surface area contributed by atoms with Gasteiger partial charge in [-0.25, -0.2) is 4.79 Å². The molecule has 0 aromatic rings. The number of alkyl carbamates (subject to hydrolysis) is 1. The van der Waals surface area contributed by atoms with Crippen molar-refractivity contribution in [3.05, 3.63) is 0 Å². The maximum absolute atomic E-state index is 12.9. The van der Waals surface area contributed by atoms with Crippen molar-refractivity contribution in [3.8, 4) is 0 Å². The van der Waals surface area contributed by atoms with Gasteiger partial charge < -0.3 is 29.2 Å². The summed E-state index contributed by atoms with van der Waals surface area (Å²) in [4.78, 5) is 40.7. The number of amides is 1.